The van der Waals surface area contributed by atoms with E-state index in [1.807, 2.05) is 24.3 Å². The summed E-state index contributed by atoms with van der Waals surface area (Å²) in [7, 11) is 0. The third-order valence-electron chi connectivity index (χ3n) is 3.85. The Hall–Kier alpha value is -3.51. The molecule has 0 aliphatic heterocycles. The van der Waals surface area contributed by atoms with Gasteiger partial charge in [0.05, 0.1) is 11.0 Å². The van der Waals surface area contributed by atoms with E-state index in [0.29, 0.717) is 28.1 Å². The van der Waals surface area contributed by atoms with Crippen molar-refractivity contribution in [3.8, 4) is 28.6 Å². The fraction of sp³-hybridized carbons (Fsp3) is 0. The molecule has 27 heavy (non-hydrogen) atoms. The van der Waals surface area contributed by atoms with Crippen LogP contribution in [0.25, 0.3) is 22.4 Å². The second-order valence-corrected chi connectivity index (χ2v) is 6.20. The number of aromatic nitrogens is 2. The molecule has 0 saturated heterocycles. The third-order valence-corrected chi connectivity index (χ3v) is 4.10. The summed E-state index contributed by atoms with van der Waals surface area (Å²) in [6, 6.07) is 19.8. The SMILES string of the molecule is NC(=O)Oc1ccc2nc(-c3ccc(Oc4ccc(Cl)cc4)cc3)[nH]c2c1. The largest absolute Gasteiger partial charge is 0.457 e. The standard InChI is InChI=1S/C20H14ClN3O3/c21-13-3-7-15(8-4-13)26-14-5-1-12(2-6-14)19-23-17-10-9-16(27-20(22)25)11-18(17)24-19/h1-11H,(H2,22,25)(H,23,24). The number of halogens is 1. The van der Waals surface area contributed by atoms with Crippen molar-refractivity contribution in [3.05, 3.63) is 71.8 Å². The molecule has 0 saturated carbocycles. The fourth-order valence-corrected chi connectivity index (χ4v) is 2.75. The predicted molar refractivity (Wildman–Crippen MR) is 103 cm³/mol. The van der Waals surface area contributed by atoms with Crippen LogP contribution in [0.4, 0.5) is 4.79 Å². The van der Waals surface area contributed by atoms with Crippen molar-refractivity contribution in [2.24, 2.45) is 5.73 Å². The number of nitrogens with zero attached hydrogens (tertiary/aromatic N) is 1. The molecule has 0 unspecified atom stereocenters. The zero-order chi connectivity index (χ0) is 18.8. The molecule has 1 heterocycles. The van der Waals surface area contributed by atoms with E-state index in [1.165, 1.54) is 0 Å². The number of nitrogens with one attached hydrogen (secondary N) is 1. The summed E-state index contributed by atoms with van der Waals surface area (Å²) in [4.78, 5) is 18.6. The Balaban J connectivity index is 1.56. The Bertz CT molecular complexity index is 1110. The lowest BCUT2D eigenvalue weighted by molar-refractivity contribution is 0.211. The van der Waals surface area contributed by atoms with Crippen molar-refractivity contribution >= 4 is 28.7 Å². The number of H-pyrrole nitrogens is 1. The van der Waals surface area contributed by atoms with E-state index in [-0.39, 0.29) is 0 Å². The Morgan fingerprint density at radius 1 is 0.926 bits per heavy atom. The van der Waals surface area contributed by atoms with E-state index in [4.69, 9.17) is 26.8 Å². The molecule has 1 amide bonds. The number of hydrogen-bond donors (Lipinski definition) is 2. The maximum atomic E-state index is 10.9. The first-order valence-corrected chi connectivity index (χ1v) is 8.45. The highest BCUT2D eigenvalue weighted by molar-refractivity contribution is 6.30. The highest BCUT2D eigenvalue weighted by atomic mass is 35.5. The molecule has 7 heteroatoms. The zero-order valence-corrected chi connectivity index (χ0v) is 14.7. The minimum Gasteiger partial charge on any atom is -0.457 e. The van der Waals surface area contributed by atoms with Gasteiger partial charge in [0, 0.05) is 16.7 Å². The predicted octanol–water partition coefficient (Wildman–Crippen LogP) is 5.13. The van der Waals surface area contributed by atoms with Crippen LogP contribution in [0.3, 0.4) is 0 Å². The highest BCUT2D eigenvalue weighted by Crippen LogP contribution is 2.27. The van der Waals surface area contributed by atoms with Crippen molar-refractivity contribution < 1.29 is 14.3 Å². The summed E-state index contributed by atoms with van der Waals surface area (Å²) >= 11 is 5.87. The van der Waals surface area contributed by atoms with Crippen LogP contribution in [0.1, 0.15) is 0 Å². The van der Waals surface area contributed by atoms with Crippen molar-refractivity contribution in [2.45, 2.75) is 0 Å². The molecule has 3 N–H and O–H groups in total. The Morgan fingerprint density at radius 2 is 1.56 bits per heavy atom. The van der Waals surface area contributed by atoms with E-state index in [0.717, 1.165) is 16.6 Å². The summed E-state index contributed by atoms with van der Waals surface area (Å²) < 4.78 is 10.7. The number of aromatic amines is 1. The molecule has 4 aromatic rings. The molecule has 4 rings (SSSR count). The number of rotatable bonds is 4. The third kappa shape index (κ3) is 3.86. The van der Waals surface area contributed by atoms with Crippen LogP contribution >= 0.6 is 11.6 Å². The monoisotopic (exact) mass is 379 g/mol. The first kappa shape index (κ1) is 16.9. The van der Waals surface area contributed by atoms with E-state index >= 15 is 0 Å². The molecule has 0 fully saturated rings. The first-order chi connectivity index (χ1) is 13.1. The zero-order valence-electron chi connectivity index (χ0n) is 14.0. The lowest BCUT2D eigenvalue weighted by Crippen LogP contribution is -2.16. The Morgan fingerprint density at radius 3 is 2.22 bits per heavy atom. The number of amides is 1. The summed E-state index contributed by atoms with van der Waals surface area (Å²) in [5.74, 6) is 2.46. The number of carbonyl (C=O) groups is 1. The minimum absolute atomic E-state index is 0.358. The molecule has 0 atom stereocenters. The summed E-state index contributed by atoms with van der Waals surface area (Å²) in [6.45, 7) is 0. The second kappa shape index (κ2) is 7.01. The number of nitrogens with two attached hydrogens (primary N) is 1. The summed E-state index contributed by atoms with van der Waals surface area (Å²) in [5.41, 5.74) is 7.43. The fourth-order valence-electron chi connectivity index (χ4n) is 2.62. The quantitative estimate of drug-likeness (QED) is 0.514. The van der Waals surface area contributed by atoms with E-state index < -0.39 is 6.09 Å². The number of primary amides is 1. The molecule has 0 bridgehead atoms. The maximum absolute atomic E-state index is 10.9. The van der Waals surface area contributed by atoms with Crippen molar-refractivity contribution in [3.63, 3.8) is 0 Å². The van der Waals surface area contributed by atoms with Gasteiger partial charge < -0.3 is 20.2 Å². The molecular formula is C20H14ClN3O3. The van der Waals surface area contributed by atoms with Crippen molar-refractivity contribution in [1.29, 1.82) is 0 Å². The smallest absolute Gasteiger partial charge is 0.409 e. The van der Waals surface area contributed by atoms with Gasteiger partial charge in [-0.2, -0.15) is 0 Å². The van der Waals surface area contributed by atoms with Crippen LogP contribution in [0.2, 0.25) is 5.02 Å². The van der Waals surface area contributed by atoms with E-state index in [2.05, 4.69) is 9.97 Å². The van der Waals surface area contributed by atoms with Crippen LogP contribution < -0.4 is 15.2 Å². The van der Waals surface area contributed by atoms with Gasteiger partial charge in [0.15, 0.2) is 0 Å². The average Bonchev–Trinajstić information content (AvgIpc) is 3.07. The van der Waals surface area contributed by atoms with Crippen molar-refractivity contribution in [2.75, 3.05) is 0 Å². The molecule has 1 aromatic heterocycles. The van der Waals surface area contributed by atoms with Crippen LogP contribution in [-0.4, -0.2) is 16.1 Å². The average molecular weight is 380 g/mol. The number of imidazole rings is 1. The van der Waals surface area contributed by atoms with Gasteiger partial charge in [-0.15, -0.1) is 0 Å². The normalized spacial score (nSPS) is 10.7. The number of carbonyl (C=O) groups excluding carboxylic acids is 1. The summed E-state index contributed by atoms with van der Waals surface area (Å²) in [5, 5.41) is 0.659. The second-order valence-electron chi connectivity index (χ2n) is 5.77. The van der Waals surface area contributed by atoms with E-state index in [1.54, 1.807) is 42.5 Å². The van der Waals surface area contributed by atoms with Crippen LogP contribution in [0, 0.1) is 0 Å². The number of hydrogen-bond acceptors (Lipinski definition) is 4. The Labute approximate surface area is 159 Å². The van der Waals surface area contributed by atoms with Gasteiger partial charge >= 0.3 is 6.09 Å². The van der Waals surface area contributed by atoms with Crippen LogP contribution in [0.15, 0.2) is 66.7 Å². The van der Waals surface area contributed by atoms with Gasteiger partial charge in [-0.05, 0) is 60.7 Å². The maximum Gasteiger partial charge on any atom is 0.409 e. The van der Waals surface area contributed by atoms with E-state index in [9.17, 15) is 4.79 Å². The van der Waals surface area contributed by atoms with Crippen LogP contribution in [0.5, 0.6) is 17.2 Å². The lowest BCUT2D eigenvalue weighted by atomic mass is 10.2. The first-order valence-electron chi connectivity index (χ1n) is 8.08. The highest BCUT2D eigenvalue weighted by Gasteiger charge is 2.08. The number of benzene rings is 3. The molecular weight excluding hydrogens is 366 g/mol. The topological polar surface area (TPSA) is 90.2 Å². The molecule has 134 valence electrons. The van der Waals surface area contributed by atoms with Gasteiger partial charge in [-0.25, -0.2) is 9.78 Å². The molecule has 0 radical (unpaired) electrons. The molecule has 6 nitrogen and oxygen atoms in total. The molecule has 0 aliphatic rings. The van der Waals surface area contributed by atoms with Gasteiger partial charge in [0.25, 0.3) is 0 Å². The van der Waals surface area contributed by atoms with Gasteiger partial charge in [-0.1, -0.05) is 11.6 Å². The lowest BCUT2D eigenvalue weighted by Gasteiger charge is -2.06. The van der Waals surface area contributed by atoms with Gasteiger partial charge in [-0.3, -0.25) is 0 Å². The summed E-state index contributed by atoms with van der Waals surface area (Å²) in [6.07, 6.45) is -0.856. The van der Waals surface area contributed by atoms with Crippen LogP contribution in [-0.2, 0) is 0 Å². The van der Waals surface area contributed by atoms with Gasteiger partial charge in [0.2, 0.25) is 0 Å². The number of ether oxygens (including phenoxy) is 2. The molecule has 0 spiro atoms. The van der Waals surface area contributed by atoms with Gasteiger partial charge in [0.1, 0.15) is 23.1 Å². The Kier molecular flexibility index (Phi) is 4.40. The molecule has 0 aliphatic carbocycles. The number of fused-ring (bicyclic) bond motifs is 1. The molecule has 3 aromatic carbocycles. The van der Waals surface area contributed by atoms with Crippen molar-refractivity contribution in [1.82, 2.24) is 9.97 Å². The minimum atomic E-state index is -0.856.